The van der Waals surface area contributed by atoms with Crippen molar-refractivity contribution < 1.29 is 85.6 Å². The maximum Gasteiger partial charge on any atom is 0.193 e. The molecule has 0 aromatic heterocycles. The van der Waals surface area contributed by atoms with Crippen molar-refractivity contribution in [2.75, 3.05) is 0 Å². The lowest BCUT2D eigenvalue weighted by atomic mass is 9.69. The number of Topliss-reactive ketones (excluding diaryl/α,β-unsaturated/α-hetero) is 2. The molecule has 0 amide bonds. The summed E-state index contributed by atoms with van der Waals surface area (Å²) in [5.74, 6) is -3.93. The molecule has 0 radical (unpaired) electrons. The highest BCUT2D eigenvalue weighted by Crippen LogP contribution is 2.54. The highest BCUT2D eigenvalue weighted by atomic mass is 16.3. The number of ketones is 4. The SMILES string of the molecule is CC1=CC(c2c(CO)cc(O)c(C(=O)/C=C/c3ccccc3)c2O)C(C(C)(C)O)CC1.CC1=CC(c2c(CO)cc(O)c(C(=O)CCc3ccccc3)c2O)C(C(C)C)CC1.CC1=CC(c2c(O)cc(O)c(C(=O)/C=C/c3ccccc3)c2O)C(C(C)C)CC1.CC1=CC(c2c(O)cc(O)c(C(=O)CCc3ccccc3)c2O)C(C(C)C)CC1. The summed E-state index contributed by atoms with van der Waals surface area (Å²) in [6, 6.07) is 43.0. The number of aliphatic hydroxyl groups is 3. The molecule has 0 spiro atoms. The molecule has 0 heterocycles. The number of benzene rings is 8. The van der Waals surface area contributed by atoms with Crippen LogP contribution in [0.3, 0.4) is 0 Å². The molecule has 17 nitrogen and oxygen atoms in total. The Morgan fingerprint density at radius 2 is 0.664 bits per heavy atom. The van der Waals surface area contributed by atoms with Crippen molar-refractivity contribution in [2.45, 2.75) is 203 Å². The monoisotopic (exact) mass is 1620 g/mol. The predicted octanol–water partition coefficient (Wildman–Crippen LogP) is 21.7. The molecule has 8 atom stereocenters. The van der Waals surface area contributed by atoms with E-state index in [0.717, 1.165) is 78.8 Å². The van der Waals surface area contributed by atoms with Gasteiger partial charge in [0, 0.05) is 70.9 Å². The van der Waals surface area contributed by atoms with Crippen molar-refractivity contribution in [3.05, 3.63) is 282 Å². The summed E-state index contributed by atoms with van der Waals surface area (Å²) in [7, 11) is 0. The minimum absolute atomic E-state index is 0.0303. The molecule has 0 saturated carbocycles. The van der Waals surface area contributed by atoms with Gasteiger partial charge in [0.25, 0.3) is 0 Å². The first-order chi connectivity index (χ1) is 56.5. The van der Waals surface area contributed by atoms with Gasteiger partial charge in [0.05, 0.1) is 18.8 Å². The number of carbonyl (C=O) groups excluding carboxylic acids is 4. The number of rotatable bonds is 24. The Bertz CT molecular complexity index is 5070. The van der Waals surface area contributed by atoms with Crippen LogP contribution in [0.2, 0.25) is 0 Å². The number of carbonyl (C=O) groups is 4. The van der Waals surface area contributed by atoms with Crippen molar-refractivity contribution in [3.63, 3.8) is 0 Å². The third-order valence-electron chi connectivity index (χ3n) is 24.2. The minimum atomic E-state index is -1.03. The molecule has 8 unspecified atom stereocenters. The first-order valence-electron chi connectivity index (χ1n) is 41.6. The van der Waals surface area contributed by atoms with Crippen molar-refractivity contribution in [2.24, 2.45) is 41.4 Å². The van der Waals surface area contributed by atoms with Gasteiger partial charge < -0.3 is 66.4 Å². The first-order valence-corrected chi connectivity index (χ1v) is 41.6. The molecule has 4 aliphatic rings. The summed E-state index contributed by atoms with van der Waals surface area (Å²) in [5, 5.41) is 138. The molecule has 119 heavy (non-hydrogen) atoms. The van der Waals surface area contributed by atoms with Crippen molar-refractivity contribution in [1.29, 1.82) is 0 Å². The molecular weight excluding hydrogens is 1500 g/mol. The molecule has 0 bridgehead atoms. The summed E-state index contributed by atoms with van der Waals surface area (Å²) < 4.78 is 0. The van der Waals surface area contributed by atoms with Crippen LogP contribution in [0.1, 0.15) is 268 Å². The Labute approximate surface area is 700 Å². The predicted molar refractivity (Wildman–Crippen MR) is 470 cm³/mol. The van der Waals surface area contributed by atoms with Crippen LogP contribution in [0.15, 0.2) is 204 Å². The van der Waals surface area contributed by atoms with Crippen LogP contribution in [0.25, 0.3) is 12.2 Å². The van der Waals surface area contributed by atoms with Crippen LogP contribution in [-0.4, -0.2) is 95.1 Å². The van der Waals surface area contributed by atoms with Gasteiger partial charge in [-0.15, -0.1) is 0 Å². The van der Waals surface area contributed by atoms with E-state index >= 15 is 0 Å². The van der Waals surface area contributed by atoms with E-state index in [-0.39, 0.29) is 141 Å². The van der Waals surface area contributed by atoms with E-state index in [1.165, 1.54) is 47.1 Å². The molecule has 4 aliphatic carbocycles. The zero-order valence-electron chi connectivity index (χ0n) is 70.7. The van der Waals surface area contributed by atoms with Crippen LogP contribution in [0.4, 0.5) is 0 Å². The Morgan fingerprint density at radius 3 is 1.02 bits per heavy atom. The number of phenols is 10. The highest BCUT2D eigenvalue weighted by molar-refractivity contribution is 6.12. The van der Waals surface area contributed by atoms with Crippen LogP contribution >= 0.6 is 0 Å². The van der Waals surface area contributed by atoms with Crippen LogP contribution in [0, 0.1) is 41.4 Å². The van der Waals surface area contributed by atoms with E-state index in [1.807, 2.05) is 148 Å². The lowest BCUT2D eigenvalue weighted by Gasteiger charge is -2.39. The lowest BCUT2D eigenvalue weighted by molar-refractivity contribution is 0.00417. The fourth-order valence-electron chi connectivity index (χ4n) is 17.7. The van der Waals surface area contributed by atoms with Crippen molar-refractivity contribution >= 4 is 35.3 Å². The molecule has 0 fully saturated rings. The maximum absolute atomic E-state index is 13.0. The summed E-state index contributed by atoms with van der Waals surface area (Å²) in [6.45, 7) is 23.7. The topological polar surface area (TPSA) is 331 Å². The smallest absolute Gasteiger partial charge is 0.193 e. The standard InChI is InChI=1S/C26H30O5.C26H32O4.C25H30O4.C25H28O4/c1-16-9-11-20(26(2,3)31)19(13-16)23-18(15-27)14-22(29)24(25(23)30)21(28)12-10-17-7-5-4-6-8-17;1-16(2)20-11-9-17(3)13-21(20)24-19(15-27)14-23(29)25(26(24)30)22(28)12-10-18-7-5-4-6-8-18;2*1-15(2)18-11-9-16(3)13-19(18)23-21(27)14-22(28)24(25(23)29)20(26)12-10-17-7-5-4-6-8-17/h4-8,10,12-14,19-20,27,29-31H,9,11,15H2,1-3H3;4-8,13-14,16,20-21,27,29-30H,9-12,15H2,1-3H3;4-8,13-15,18-19,27-29H,9-12H2,1-3H3;4-8,10,12-15,18-19,27-29H,9,11H2,1-3H3/b12-10+;;;12-10+. The van der Waals surface area contributed by atoms with Gasteiger partial charge in [-0.1, -0.05) is 222 Å². The number of allylic oxidation sites excluding steroid dienone is 10. The average molecular weight is 1620 g/mol. The molecule has 17 heteroatoms. The quantitative estimate of drug-likeness (QED) is 0.0152. The van der Waals surface area contributed by atoms with Crippen LogP contribution in [0.5, 0.6) is 57.5 Å². The highest BCUT2D eigenvalue weighted by Gasteiger charge is 2.41. The van der Waals surface area contributed by atoms with E-state index < -0.39 is 35.4 Å². The molecule has 630 valence electrons. The summed E-state index contributed by atoms with van der Waals surface area (Å²) in [6.07, 6.45) is 23.0. The second kappa shape index (κ2) is 41.4. The normalized spacial score (nSPS) is 19.3. The number of aryl methyl sites for hydroxylation is 2. The Hall–Kier alpha value is -11.2. The Morgan fingerprint density at radius 1 is 0.378 bits per heavy atom. The average Bonchev–Trinajstić information content (AvgIpc) is 0.773. The van der Waals surface area contributed by atoms with Gasteiger partial charge >= 0.3 is 0 Å². The molecule has 12 rings (SSSR count). The number of hydrogen-bond donors (Lipinski definition) is 13. The fraction of sp³-hybridized carbons (Fsp3) is 0.373. The maximum atomic E-state index is 13.0. The van der Waals surface area contributed by atoms with E-state index in [1.54, 1.807) is 26.0 Å². The van der Waals surface area contributed by atoms with E-state index in [9.17, 15) is 85.6 Å². The largest absolute Gasteiger partial charge is 0.507 e. The Balaban J connectivity index is 0.000000181. The second-order valence-corrected chi connectivity index (χ2v) is 34.1. The van der Waals surface area contributed by atoms with E-state index in [4.69, 9.17) is 0 Å². The number of hydrogen-bond acceptors (Lipinski definition) is 17. The van der Waals surface area contributed by atoms with Gasteiger partial charge in [-0.05, 0) is 205 Å². The Kier molecular flexibility index (Phi) is 31.9. The molecule has 0 aliphatic heterocycles. The number of aliphatic hydroxyl groups excluding tert-OH is 2. The van der Waals surface area contributed by atoms with Gasteiger partial charge in [0.1, 0.15) is 79.7 Å². The second-order valence-electron chi connectivity index (χ2n) is 34.1. The first kappa shape index (κ1) is 91.7. The van der Waals surface area contributed by atoms with E-state index in [0.29, 0.717) is 76.3 Å². The third-order valence-corrected chi connectivity index (χ3v) is 24.2. The summed E-state index contributed by atoms with van der Waals surface area (Å²) in [4.78, 5) is 51.5. The molecule has 8 aromatic carbocycles. The zero-order chi connectivity index (χ0) is 86.9. The lowest BCUT2D eigenvalue weighted by Crippen LogP contribution is -2.36. The fourth-order valence-corrected chi connectivity index (χ4v) is 17.7. The summed E-state index contributed by atoms with van der Waals surface area (Å²) >= 11 is 0. The van der Waals surface area contributed by atoms with Crippen molar-refractivity contribution in [3.8, 4) is 57.5 Å². The van der Waals surface area contributed by atoms with Gasteiger partial charge in [0.2, 0.25) is 0 Å². The zero-order valence-corrected chi connectivity index (χ0v) is 70.7. The van der Waals surface area contributed by atoms with Gasteiger partial charge in [-0.25, -0.2) is 0 Å². The van der Waals surface area contributed by atoms with Crippen LogP contribution in [-0.2, 0) is 26.1 Å². The number of aromatic hydroxyl groups is 10. The molecule has 13 N–H and O–H groups in total. The van der Waals surface area contributed by atoms with Gasteiger partial charge in [0.15, 0.2) is 23.1 Å². The van der Waals surface area contributed by atoms with Gasteiger partial charge in [-0.2, -0.15) is 0 Å². The van der Waals surface area contributed by atoms with E-state index in [2.05, 4.69) is 66.7 Å². The third kappa shape index (κ3) is 22.8. The summed E-state index contributed by atoms with van der Waals surface area (Å²) in [5.41, 5.74) is 9.35. The van der Waals surface area contributed by atoms with Crippen LogP contribution < -0.4 is 0 Å². The molecular formula is C102H120O17. The minimum Gasteiger partial charge on any atom is -0.507 e. The molecule has 8 aromatic rings. The number of phenolic OH excluding ortho intramolecular Hbond substituents is 10. The van der Waals surface area contributed by atoms with Crippen molar-refractivity contribution in [1.82, 2.24) is 0 Å². The van der Waals surface area contributed by atoms with Gasteiger partial charge in [-0.3, -0.25) is 19.2 Å². The molecule has 0 saturated heterocycles.